The number of amides is 1. The van der Waals surface area contributed by atoms with E-state index in [0.29, 0.717) is 17.6 Å². The van der Waals surface area contributed by atoms with Crippen LogP contribution in [0.5, 0.6) is 0 Å². The topological polar surface area (TPSA) is 106 Å². The number of carbonyl (C=O) groups excluding carboxylic acids is 1. The van der Waals surface area contributed by atoms with Crippen molar-refractivity contribution in [3.05, 3.63) is 53.3 Å². The van der Waals surface area contributed by atoms with Crippen LogP contribution in [0, 0.1) is 0 Å². The van der Waals surface area contributed by atoms with Crippen LogP contribution < -0.4 is 11.1 Å². The molecule has 0 saturated heterocycles. The highest BCUT2D eigenvalue weighted by molar-refractivity contribution is 6.00. The highest BCUT2D eigenvalue weighted by Crippen LogP contribution is 2.36. The summed E-state index contributed by atoms with van der Waals surface area (Å²) in [6.07, 6.45) is 9.39. The maximum Gasteiger partial charge on any atom is 0.437 e. The second-order valence-electron chi connectivity index (χ2n) is 6.50. The summed E-state index contributed by atoms with van der Waals surface area (Å²) in [5, 5.41) is 7.98. The standard InChI is InChI=1S/C19H19N5O3/c1-3-15(25)22-12-6-4-5-11(9-12)13-7-8-20-17-16(13)14(10-21-17)18-23-24(2)19(26)27-18/h3,5,7-8,10,12H,1,4,6,9H2,2H3,(H,20,21)(H,22,25). The first-order valence-corrected chi connectivity index (χ1v) is 8.69. The summed E-state index contributed by atoms with van der Waals surface area (Å²) >= 11 is 0. The molecule has 0 bridgehead atoms. The molecule has 0 saturated carbocycles. The van der Waals surface area contributed by atoms with E-state index >= 15 is 0 Å². The van der Waals surface area contributed by atoms with Gasteiger partial charge < -0.3 is 14.7 Å². The van der Waals surface area contributed by atoms with Crippen molar-refractivity contribution in [3.8, 4) is 11.5 Å². The number of H-pyrrole nitrogens is 1. The lowest BCUT2D eigenvalue weighted by molar-refractivity contribution is -0.117. The molecule has 3 heterocycles. The zero-order chi connectivity index (χ0) is 19.0. The Morgan fingerprint density at radius 2 is 2.33 bits per heavy atom. The fraction of sp³-hybridized carbons (Fsp3) is 0.263. The molecule has 1 atom stereocenters. The first-order valence-electron chi connectivity index (χ1n) is 8.69. The quantitative estimate of drug-likeness (QED) is 0.689. The molecule has 0 fully saturated rings. The molecule has 8 heteroatoms. The van der Waals surface area contributed by atoms with Crippen molar-refractivity contribution in [3.63, 3.8) is 0 Å². The Hall–Kier alpha value is -3.42. The molecule has 1 aliphatic carbocycles. The zero-order valence-corrected chi connectivity index (χ0v) is 14.9. The van der Waals surface area contributed by atoms with Gasteiger partial charge in [0.1, 0.15) is 5.65 Å². The minimum Gasteiger partial charge on any atom is -0.388 e. The van der Waals surface area contributed by atoms with E-state index in [2.05, 4.69) is 33.0 Å². The van der Waals surface area contributed by atoms with Gasteiger partial charge in [-0.2, -0.15) is 4.68 Å². The molecule has 0 aromatic carbocycles. The van der Waals surface area contributed by atoms with Crippen molar-refractivity contribution in [2.24, 2.45) is 7.05 Å². The maximum atomic E-state index is 11.7. The van der Waals surface area contributed by atoms with E-state index in [1.165, 1.54) is 6.08 Å². The van der Waals surface area contributed by atoms with Gasteiger partial charge in [0.25, 0.3) is 5.89 Å². The number of fused-ring (bicyclic) bond motifs is 1. The summed E-state index contributed by atoms with van der Waals surface area (Å²) < 4.78 is 6.42. The smallest absolute Gasteiger partial charge is 0.388 e. The summed E-state index contributed by atoms with van der Waals surface area (Å²) in [4.78, 5) is 30.8. The predicted molar refractivity (Wildman–Crippen MR) is 101 cm³/mol. The van der Waals surface area contributed by atoms with Gasteiger partial charge in [-0.3, -0.25) is 4.79 Å². The van der Waals surface area contributed by atoms with Crippen LogP contribution in [0.2, 0.25) is 0 Å². The normalized spacial score (nSPS) is 16.9. The van der Waals surface area contributed by atoms with E-state index in [9.17, 15) is 9.59 Å². The van der Waals surface area contributed by atoms with Crippen LogP contribution in [0.1, 0.15) is 24.8 Å². The van der Waals surface area contributed by atoms with Gasteiger partial charge in [-0.25, -0.2) is 9.78 Å². The third kappa shape index (κ3) is 3.10. The fourth-order valence-electron chi connectivity index (χ4n) is 3.46. The number of nitrogens with zero attached hydrogens (tertiary/aromatic N) is 3. The van der Waals surface area contributed by atoms with E-state index in [0.717, 1.165) is 34.0 Å². The van der Waals surface area contributed by atoms with E-state index in [1.54, 1.807) is 19.4 Å². The summed E-state index contributed by atoms with van der Waals surface area (Å²) in [5.41, 5.74) is 3.47. The summed E-state index contributed by atoms with van der Waals surface area (Å²) in [6, 6.07) is 1.98. The zero-order valence-electron chi connectivity index (χ0n) is 14.9. The number of allylic oxidation sites excluding steroid dienone is 1. The molecule has 3 aromatic rings. The van der Waals surface area contributed by atoms with Gasteiger partial charge in [0.2, 0.25) is 5.91 Å². The maximum absolute atomic E-state index is 11.7. The number of pyridine rings is 1. The number of aromatic amines is 1. The highest BCUT2D eigenvalue weighted by Gasteiger charge is 2.22. The Balaban J connectivity index is 1.77. The second-order valence-corrected chi connectivity index (χ2v) is 6.50. The number of aromatic nitrogens is 4. The lowest BCUT2D eigenvalue weighted by Gasteiger charge is -2.24. The number of aryl methyl sites for hydroxylation is 1. The molecular formula is C19H19N5O3. The van der Waals surface area contributed by atoms with Crippen LogP contribution in [-0.4, -0.2) is 31.7 Å². The van der Waals surface area contributed by atoms with Gasteiger partial charge in [-0.05, 0) is 42.5 Å². The third-order valence-electron chi connectivity index (χ3n) is 4.74. The van der Waals surface area contributed by atoms with Crippen LogP contribution >= 0.6 is 0 Å². The molecule has 0 radical (unpaired) electrons. The van der Waals surface area contributed by atoms with Crippen molar-refractivity contribution in [2.75, 3.05) is 0 Å². The summed E-state index contributed by atoms with van der Waals surface area (Å²) in [6.45, 7) is 3.51. The molecule has 138 valence electrons. The molecule has 3 aromatic heterocycles. The number of carbonyl (C=O) groups is 1. The van der Waals surface area contributed by atoms with E-state index in [4.69, 9.17) is 4.42 Å². The van der Waals surface area contributed by atoms with E-state index in [1.807, 2.05) is 6.07 Å². The lowest BCUT2D eigenvalue weighted by Crippen LogP contribution is -2.34. The molecule has 0 spiro atoms. The van der Waals surface area contributed by atoms with Gasteiger partial charge in [-0.1, -0.05) is 12.7 Å². The first kappa shape index (κ1) is 17.0. The molecule has 1 aliphatic rings. The van der Waals surface area contributed by atoms with E-state index in [-0.39, 0.29) is 17.8 Å². The Morgan fingerprint density at radius 1 is 1.48 bits per heavy atom. The van der Waals surface area contributed by atoms with Gasteiger partial charge in [-0.15, -0.1) is 5.10 Å². The number of hydrogen-bond acceptors (Lipinski definition) is 5. The first-order chi connectivity index (χ1) is 13.1. The number of nitrogens with one attached hydrogen (secondary N) is 2. The van der Waals surface area contributed by atoms with Crippen LogP contribution in [0.3, 0.4) is 0 Å². The van der Waals surface area contributed by atoms with Crippen LogP contribution in [-0.2, 0) is 11.8 Å². The number of rotatable bonds is 4. The molecule has 27 heavy (non-hydrogen) atoms. The van der Waals surface area contributed by atoms with Gasteiger partial charge in [0, 0.05) is 30.9 Å². The van der Waals surface area contributed by atoms with Crippen LogP contribution in [0.25, 0.3) is 28.1 Å². The highest BCUT2D eigenvalue weighted by atomic mass is 16.4. The van der Waals surface area contributed by atoms with Crippen molar-refractivity contribution < 1.29 is 9.21 Å². The Morgan fingerprint density at radius 3 is 3.07 bits per heavy atom. The Bertz CT molecular complexity index is 1120. The van der Waals surface area contributed by atoms with E-state index < -0.39 is 5.76 Å². The van der Waals surface area contributed by atoms with Gasteiger partial charge >= 0.3 is 5.76 Å². The van der Waals surface area contributed by atoms with Gasteiger partial charge in [0.15, 0.2) is 0 Å². The predicted octanol–water partition coefficient (Wildman–Crippen LogP) is 2.15. The average molecular weight is 365 g/mol. The SMILES string of the molecule is C=CC(=O)NC1CCC=C(c2ccnc3[nH]cc(-c4nn(C)c(=O)o4)c23)C1. The monoisotopic (exact) mass is 365 g/mol. The Labute approximate surface area is 154 Å². The molecule has 2 N–H and O–H groups in total. The minimum absolute atomic E-state index is 0.0499. The molecular weight excluding hydrogens is 346 g/mol. The largest absolute Gasteiger partial charge is 0.437 e. The van der Waals surface area contributed by atoms with Crippen LogP contribution in [0.15, 0.2) is 46.4 Å². The van der Waals surface area contributed by atoms with Gasteiger partial charge in [0.05, 0.1) is 5.56 Å². The molecule has 1 unspecified atom stereocenters. The number of hydrogen-bond donors (Lipinski definition) is 2. The third-order valence-corrected chi connectivity index (χ3v) is 4.74. The summed E-state index contributed by atoms with van der Waals surface area (Å²) in [7, 11) is 1.54. The lowest BCUT2D eigenvalue weighted by atomic mass is 9.88. The summed E-state index contributed by atoms with van der Waals surface area (Å²) in [5.74, 6) is -0.441. The van der Waals surface area contributed by atoms with Crippen molar-refractivity contribution in [1.29, 1.82) is 0 Å². The molecule has 4 rings (SSSR count). The minimum atomic E-state index is -0.520. The van der Waals surface area contributed by atoms with Crippen molar-refractivity contribution in [2.45, 2.75) is 25.3 Å². The fourth-order valence-corrected chi connectivity index (χ4v) is 3.46. The molecule has 0 aliphatic heterocycles. The van der Waals surface area contributed by atoms with Crippen LogP contribution in [0.4, 0.5) is 0 Å². The Kier molecular flexibility index (Phi) is 4.23. The molecule has 1 amide bonds. The molecule has 8 nitrogen and oxygen atoms in total. The average Bonchev–Trinajstić information content (AvgIpc) is 3.25. The van der Waals surface area contributed by atoms with Crippen molar-refractivity contribution >= 4 is 22.5 Å². The second kappa shape index (κ2) is 6.71. The van der Waals surface area contributed by atoms with Crippen molar-refractivity contribution in [1.82, 2.24) is 25.1 Å².